The number of rotatable bonds is 3. The smallest absolute Gasteiger partial charge is 0.118 e. The minimum atomic E-state index is 0.856. The van der Waals surface area contributed by atoms with Gasteiger partial charge in [0.2, 0.25) is 0 Å². The molecule has 0 aliphatic heterocycles. The molecule has 0 saturated carbocycles. The third-order valence-corrected chi connectivity index (χ3v) is 3.88. The van der Waals surface area contributed by atoms with Gasteiger partial charge in [-0.2, -0.15) is 5.10 Å². The van der Waals surface area contributed by atoms with E-state index < -0.39 is 0 Å². The number of hydrogen-bond donors (Lipinski definition) is 0. The fraction of sp³-hybridized carbons (Fsp3) is 0.0625. The number of halogens is 1. The predicted octanol–water partition coefficient (Wildman–Crippen LogP) is 4.15. The summed E-state index contributed by atoms with van der Waals surface area (Å²) in [6, 6.07) is 18.2. The SMILES string of the molecule is COc1ccc(-c2c(I)cnn2-c2ccccc2)cc1. The zero-order valence-corrected chi connectivity index (χ0v) is 13.1. The first-order valence-electron chi connectivity index (χ1n) is 6.23. The first-order chi connectivity index (χ1) is 9.79. The van der Waals surface area contributed by atoms with Crippen LogP contribution in [-0.4, -0.2) is 16.9 Å². The second kappa shape index (κ2) is 5.66. The number of ether oxygens (including phenoxy) is 1. The fourth-order valence-corrected chi connectivity index (χ4v) is 2.77. The molecule has 0 radical (unpaired) electrons. The number of aromatic nitrogens is 2. The van der Waals surface area contributed by atoms with E-state index in [0.29, 0.717) is 0 Å². The lowest BCUT2D eigenvalue weighted by Crippen LogP contribution is -1.99. The molecule has 3 rings (SSSR count). The van der Waals surface area contributed by atoms with Gasteiger partial charge in [0, 0.05) is 5.56 Å². The molecule has 0 saturated heterocycles. The number of methoxy groups -OCH3 is 1. The Morgan fingerprint density at radius 1 is 1.00 bits per heavy atom. The first kappa shape index (κ1) is 13.2. The molecule has 0 fully saturated rings. The lowest BCUT2D eigenvalue weighted by molar-refractivity contribution is 0.415. The maximum Gasteiger partial charge on any atom is 0.118 e. The molecule has 0 aliphatic rings. The molecule has 0 atom stereocenters. The van der Waals surface area contributed by atoms with Crippen LogP contribution < -0.4 is 4.74 Å². The maximum atomic E-state index is 5.21. The molecule has 3 nitrogen and oxygen atoms in total. The van der Waals surface area contributed by atoms with Gasteiger partial charge in [0.05, 0.1) is 28.3 Å². The summed E-state index contributed by atoms with van der Waals surface area (Å²) >= 11 is 2.31. The second-order valence-electron chi connectivity index (χ2n) is 4.32. The van der Waals surface area contributed by atoms with Gasteiger partial charge in [0.15, 0.2) is 0 Å². The summed E-state index contributed by atoms with van der Waals surface area (Å²) in [4.78, 5) is 0. The summed E-state index contributed by atoms with van der Waals surface area (Å²) in [7, 11) is 1.67. The van der Waals surface area contributed by atoms with Gasteiger partial charge in [-0.05, 0) is 59.0 Å². The number of hydrogen-bond acceptors (Lipinski definition) is 2. The molecule has 2 aromatic carbocycles. The average molecular weight is 376 g/mol. The van der Waals surface area contributed by atoms with Gasteiger partial charge in [-0.15, -0.1) is 0 Å². The third kappa shape index (κ3) is 2.43. The van der Waals surface area contributed by atoms with Gasteiger partial charge in [-0.1, -0.05) is 18.2 Å². The summed E-state index contributed by atoms with van der Waals surface area (Å²) in [5.74, 6) is 0.856. The number of benzene rings is 2. The van der Waals surface area contributed by atoms with Crippen LogP contribution in [-0.2, 0) is 0 Å². The molecular weight excluding hydrogens is 363 g/mol. The molecule has 0 unspecified atom stereocenters. The Morgan fingerprint density at radius 3 is 2.35 bits per heavy atom. The highest BCUT2D eigenvalue weighted by Gasteiger charge is 2.12. The molecule has 20 heavy (non-hydrogen) atoms. The average Bonchev–Trinajstić information content (AvgIpc) is 2.90. The molecule has 4 heteroatoms. The quantitative estimate of drug-likeness (QED) is 0.643. The Morgan fingerprint density at radius 2 is 1.70 bits per heavy atom. The lowest BCUT2D eigenvalue weighted by atomic mass is 10.1. The van der Waals surface area contributed by atoms with Crippen LogP contribution in [0.3, 0.4) is 0 Å². The van der Waals surface area contributed by atoms with Crippen LogP contribution in [0.15, 0.2) is 60.8 Å². The van der Waals surface area contributed by atoms with E-state index in [1.165, 1.54) is 0 Å². The topological polar surface area (TPSA) is 27.1 Å². The maximum absolute atomic E-state index is 5.21. The van der Waals surface area contributed by atoms with E-state index in [0.717, 1.165) is 26.3 Å². The summed E-state index contributed by atoms with van der Waals surface area (Å²) < 4.78 is 8.29. The normalized spacial score (nSPS) is 10.5. The predicted molar refractivity (Wildman–Crippen MR) is 88.3 cm³/mol. The fourth-order valence-electron chi connectivity index (χ4n) is 2.10. The highest BCUT2D eigenvalue weighted by molar-refractivity contribution is 14.1. The van der Waals surface area contributed by atoms with Crippen molar-refractivity contribution in [3.63, 3.8) is 0 Å². The van der Waals surface area contributed by atoms with Gasteiger partial charge in [0.1, 0.15) is 5.75 Å². The molecule has 0 spiro atoms. The summed E-state index contributed by atoms with van der Waals surface area (Å²) in [6.07, 6.45) is 1.88. The Hall–Kier alpha value is -1.82. The molecule has 1 heterocycles. The van der Waals surface area contributed by atoms with Crippen molar-refractivity contribution in [2.75, 3.05) is 7.11 Å². The Balaban J connectivity index is 2.11. The Labute approximate surface area is 131 Å². The van der Waals surface area contributed by atoms with Crippen molar-refractivity contribution in [3.8, 4) is 22.7 Å². The standard InChI is InChI=1S/C16H13IN2O/c1-20-14-9-7-12(8-10-14)16-15(17)11-18-19(16)13-5-3-2-4-6-13/h2-11H,1H3. The van der Waals surface area contributed by atoms with E-state index in [-0.39, 0.29) is 0 Å². The van der Waals surface area contributed by atoms with Crippen molar-refractivity contribution in [3.05, 3.63) is 64.4 Å². The van der Waals surface area contributed by atoms with E-state index in [4.69, 9.17) is 4.74 Å². The van der Waals surface area contributed by atoms with Crippen LogP contribution in [0.5, 0.6) is 5.75 Å². The third-order valence-electron chi connectivity index (χ3n) is 3.09. The van der Waals surface area contributed by atoms with Crippen LogP contribution in [0.4, 0.5) is 0 Å². The molecule has 0 aliphatic carbocycles. The van der Waals surface area contributed by atoms with Gasteiger partial charge in [-0.3, -0.25) is 0 Å². The zero-order valence-electron chi connectivity index (χ0n) is 11.0. The summed E-state index contributed by atoms with van der Waals surface area (Å²) in [6.45, 7) is 0. The van der Waals surface area contributed by atoms with E-state index in [1.54, 1.807) is 7.11 Å². The zero-order chi connectivity index (χ0) is 13.9. The van der Waals surface area contributed by atoms with Gasteiger partial charge in [-0.25, -0.2) is 4.68 Å². The van der Waals surface area contributed by atoms with Crippen LogP contribution in [0.1, 0.15) is 0 Å². The van der Waals surface area contributed by atoms with Crippen LogP contribution in [0.2, 0.25) is 0 Å². The van der Waals surface area contributed by atoms with E-state index in [1.807, 2.05) is 41.2 Å². The second-order valence-corrected chi connectivity index (χ2v) is 5.48. The molecule has 100 valence electrons. The van der Waals surface area contributed by atoms with Crippen molar-refractivity contribution in [2.24, 2.45) is 0 Å². The van der Waals surface area contributed by atoms with Crippen LogP contribution >= 0.6 is 22.6 Å². The van der Waals surface area contributed by atoms with Crippen molar-refractivity contribution in [2.45, 2.75) is 0 Å². The molecular formula is C16H13IN2O. The van der Waals surface area contributed by atoms with Crippen molar-refractivity contribution in [1.29, 1.82) is 0 Å². The largest absolute Gasteiger partial charge is 0.497 e. The monoisotopic (exact) mass is 376 g/mol. The molecule has 0 amide bonds. The minimum absolute atomic E-state index is 0.856. The van der Waals surface area contributed by atoms with Crippen molar-refractivity contribution >= 4 is 22.6 Å². The summed E-state index contributed by atoms with van der Waals surface area (Å²) in [5.41, 5.74) is 3.28. The van der Waals surface area contributed by atoms with E-state index in [2.05, 4.69) is 52.0 Å². The Kier molecular flexibility index (Phi) is 3.73. The molecule has 1 aromatic heterocycles. The highest BCUT2D eigenvalue weighted by atomic mass is 127. The highest BCUT2D eigenvalue weighted by Crippen LogP contribution is 2.29. The number of para-hydroxylation sites is 1. The minimum Gasteiger partial charge on any atom is -0.497 e. The van der Waals surface area contributed by atoms with Gasteiger partial charge in [0.25, 0.3) is 0 Å². The summed E-state index contributed by atoms with van der Waals surface area (Å²) in [5, 5.41) is 4.48. The Bertz CT molecular complexity index is 705. The van der Waals surface area contributed by atoms with Crippen molar-refractivity contribution < 1.29 is 4.74 Å². The van der Waals surface area contributed by atoms with E-state index in [9.17, 15) is 0 Å². The molecule has 3 aromatic rings. The van der Waals surface area contributed by atoms with Crippen LogP contribution in [0.25, 0.3) is 16.9 Å². The van der Waals surface area contributed by atoms with E-state index >= 15 is 0 Å². The number of nitrogens with zero attached hydrogens (tertiary/aromatic N) is 2. The molecule has 0 bridgehead atoms. The van der Waals surface area contributed by atoms with Gasteiger partial charge < -0.3 is 4.74 Å². The molecule has 0 N–H and O–H groups in total. The lowest BCUT2D eigenvalue weighted by Gasteiger charge is -2.09. The van der Waals surface area contributed by atoms with Crippen LogP contribution in [0, 0.1) is 3.57 Å². The first-order valence-corrected chi connectivity index (χ1v) is 7.31. The van der Waals surface area contributed by atoms with Crippen molar-refractivity contribution in [1.82, 2.24) is 9.78 Å². The van der Waals surface area contributed by atoms with Gasteiger partial charge >= 0.3 is 0 Å².